The number of nitrogens with two attached hydrogens (primary N) is 1. The lowest BCUT2D eigenvalue weighted by molar-refractivity contribution is 0.596. The molecule has 0 saturated carbocycles. The van der Waals surface area contributed by atoms with E-state index < -0.39 is 10.8 Å². The Morgan fingerprint density at radius 2 is 2.33 bits per heavy atom. The van der Waals surface area contributed by atoms with E-state index in [0.29, 0.717) is 23.0 Å². The number of aromatic nitrogens is 1. The standard InChI is InChI=1S/C12H17N3O2S/c1-8(5-6-18(2)16)14-12-15-10-4-3-9(13)7-11(10)17-12/h3-4,7-8H,5-6,13H2,1-2H3,(H,14,15). The van der Waals surface area contributed by atoms with Crippen molar-refractivity contribution >= 4 is 33.6 Å². The fraction of sp³-hybridized carbons (Fsp3) is 0.417. The van der Waals surface area contributed by atoms with Crippen molar-refractivity contribution in [2.75, 3.05) is 23.1 Å². The van der Waals surface area contributed by atoms with Gasteiger partial charge >= 0.3 is 0 Å². The van der Waals surface area contributed by atoms with Crippen molar-refractivity contribution in [2.45, 2.75) is 19.4 Å². The Labute approximate surface area is 108 Å². The Morgan fingerprint density at radius 3 is 3.06 bits per heavy atom. The second-order valence-electron chi connectivity index (χ2n) is 4.36. The summed E-state index contributed by atoms with van der Waals surface area (Å²) in [6, 6.07) is 6.01. The van der Waals surface area contributed by atoms with Crippen LogP contribution in [0.25, 0.3) is 11.1 Å². The molecule has 0 fully saturated rings. The van der Waals surface area contributed by atoms with E-state index in [1.807, 2.05) is 13.0 Å². The third-order valence-electron chi connectivity index (χ3n) is 2.62. The monoisotopic (exact) mass is 267 g/mol. The van der Waals surface area contributed by atoms with Crippen molar-refractivity contribution in [1.82, 2.24) is 4.98 Å². The van der Waals surface area contributed by atoms with Crippen LogP contribution in [0.2, 0.25) is 0 Å². The van der Waals surface area contributed by atoms with Crippen LogP contribution in [0.15, 0.2) is 22.6 Å². The molecule has 1 heterocycles. The molecular formula is C12H17N3O2S. The summed E-state index contributed by atoms with van der Waals surface area (Å²) < 4.78 is 16.6. The zero-order valence-corrected chi connectivity index (χ0v) is 11.3. The summed E-state index contributed by atoms with van der Waals surface area (Å²) in [5, 5.41) is 3.15. The highest BCUT2D eigenvalue weighted by Gasteiger charge is 2.09. The molecular weight excluding hydrogens is 250 g/mol. The first kappa shape index (κ1) is 12.9. The van der Waals surface area contributed by atoms with Crippen molar-refractivity contribution in [2.24, 2.45) is 0 Å². The predicted octanol–water partition coefficient (Wildman–Crippen LogP) is 1.98. The molecule has 3 N–H and O–H groups in total. The lowest BCUT2D eigenvalue weighted by Gasteiger charge is -2.10. The number of oxazole rings is 1. The molecule has 1 aromatic heterocycles. The van der Waals surface area contributed by atoms with Gasteiger partial charge in [-0.15, -0.1) is 0 Å². The molecule has 0 bridgehead atoms. The van der Waals surface area contributed by atoms with Crippen LogP contribution in [0.5, 0.6) is 0 Å². The predicted molar refractivity (Wildman–Crippen MR) is 75.1 cm³/mol. The summed E-state index contributed by atoms with van der Waals surface area (Å²) in [6.07, 6.45) is 2.51. The van der Waals surface area contributed by atoms with Gasteiger partial charge in [0.15, 0.2) is 5.58 Å². The molecule has 0 radical (unpaired) electrons. The number of hydrogen-bond acceptors (Lipinski definition) is 5. The zero-order chi connectivity index (χ0) is 13.1. The molecule has 2 unspecified atom stereocenters. The van der Waals surface area contributed by atoms with Crippen LogP contribution in [-0.4, -0.2) is 27.2 Å². The van der Waals surface area contributed by atoms with Gasteiger partial charge in [0.1, 0.15) is 5.52 Å². The van der Waals surface area contributed by atoms with E-state index in [9.17, 15) is 4.21 Å². The van der Waals surface area contributed by atoms with Crippen LogP contribution in [0.4, 0.5) is 11.7 Å². The summed E-state index contributed by atoms with van der Waals surface area (Å²) in [6.45, 7) is 2.01. The maximum Gasteiger partial charge on any atom is 0.295 e. The Bertz CT molecular complexity index is 567. The Kier molecular flexibility index (Phi) is 3.86. The maximum absolute atomic E-state index is 11.0. The van der Waals surface area contributed by atoms with E-state index in [-0.39, 0.29) is 6.04 Å². The Hall–Kier alpha value is -1.56. The fourth-order valence-corrected chi connectivity index (χ4v) is 2.31. The van der Waals surface area contributed by atoms with E-state index >= 15 is 0 Å². The number of fused-ring (bicyclic) bond motifs is 1. The summed E-state index contributed by atoms with van der Waals surface area (Å²) in [5.41, 5.74) is 7.77. The summed E-state index contributed by atoms with van der Waals surface area (Å²) in [5.74, 6) is 0.668. The van der Waals surface area contributed by atoms with Crippen LogP contribution >= 0.6 is 0 Å². The molecule has 6 heteroatoms. The van der Waals surface area contributed by atoms with Crippen LogP contribution in [0.3, 0.4) is 0 Å². The average molecular weight is 267 g/mol. The lowest BCUT2D eigenvalue weighted by Crippen LogP contribution is -2.17. The molecule has 98 valence electrons. The number of anilines is 2. The van der Waals surface area contributed by atoms with E-state index in [1.165, 1.54) is 0 Å². The number of nitrogens with zero attached hydrogens (tertiary/aromatic N) is 1. The molecule has 0 saturated heterocycles. The van der Waals surface area contributed by atoms with Crippen molar-refractivity contribution in [3.63, 3.8) is 0 Å². The molecule has 0 aliphatic heterocycles. The molecule has 0 amide bonds. The Morgan fingerprint density at radius 1 is 1.56 bits per heavy atom. The number of benzene rings is 1. The van der Waals surface area contributed by atoms with E-state index in [2.05, 4.69) is 10.3 Å². The highest BCUT2D eigenvalue weighted by atomic mass is 32.2. The highest BCUT2D eigenvalue weighted by molar-refractivity contribution is 7.84. The van der Waals surface area contributed by atoms with Gasteiger partial charge in [-0.1, -0.05) is 0 Å². The third kappa shape index (κ3) is 3.22. The number of nitrogen functional groups attached to an aromatic ring is 1. The van der Waals surface area contributed by atoms with Gasteiger partial charge in [-0.2, -0.15) is 4.98 Å². The van der Waals surface area contributed by atoms with Gasteiger partial charge in [-0.05, 0) is 25.5 Å². The first-order valence-corrected chi connectivity index (χ1v) is 7.50. The molecule has 2 rings (SSSR count). The number of hydrogen-bond donors (Lipinski definition) is 2. The lowest BCUT2D eigenvalue weighted by atomic mass is 10.3. The van der Waals surface area contributed by atoms with Crippen LogP contribution in [-0.2, 0) is 10.8 Å². The van der Waals surface area contributed by atoms with Crippen molar-refractivity contribution < 1.29 is 8.63 Å². The molecule has 1 aromatic carbocycles. The van der Waals surface area contributed by atoms with Gasteiger partial charge in [0.05, 0.1) is 0 Å². The molecule has 2 atom stereocenters. The largest absolute Gasteiger partial charge is 0.423 e. The molecule has 0 aliphatic rings. The molecule has 18 heavy (non-hydrogen) atoms. The van der Waals surface area contributed by atoms with Gasteiger partial charge < -0.3 is 15.5 Å². The van der Waals surface area contributed by atoms with Crippen LogP contribution in [0.1, 0.15) is 13.3 Å². The molecule has 2 aromatic rings. The summed E-state index contributed by atoms with van der Waals surface area (Å²) in [4.78, 5) is 4.31. The van der Waals surface area contributed by atoms with E-state index in [1.54, 1.807) is 18.4 Å². The second kappa shape index (κ2) is 5.39. The highest BCUT2D eigenvalue weighted by Crippen LogP contribution is 2.21. The van der Waals surface area contributed by atoms with Crippen molar-refractivity contribution in [3.8, 4) is 0 Å². The summed E-state index contributed by atoms with van der Waals surface area (Å²) in [7, 11) is -0.770. The van der Waals surface area contributed by atoms with Crippen LogP contribution in [0, 0.1) is 0 Å². The minimum atomic E-state index is -0.770. The minimum Gasteiger partial charge on any atom is -0.423 e. The SMILES string of the molecule is CC(CCS(C)=O)Nc1nc2ccc(N)cc2o1. The normalized spacial score (nSPS) is 14.6. The minimum absolute atomic E-state index is 0.166. The third-order valence-corrected chi connectivity index (χ3v) is 3.43. The Balaban J connectivity index is 2.05. The van der Waals surface area contributed by atoms with E-state index in [0.717, 1.165) is 11.9 Å². The van der Waals surface area contributed by atoms with Gasteiger partial charge in [0.25, 0.3) is 6.01 Å². The average Bonchev–Trinajstić information content (AvgIpc) is 2.67. The fourth-order valence-electron chi connectivity index (χ4n) is 1.63. The van der Waals surface area contributed by atoms with E-state index in [4.69, 9.17) is 10.2 Å². The second-order valence-corrected chi connectivity index (χ2v) is 5.91. The quantitative estimate of drug-likeness (QED) is 0.810. The first-order valence-electron chi connectivity index (χ1n) is 5.77. The first-order chi connectivity index (χ1) is 8.54. The zero-order valence-electron chi connectivity index (χ0n) is 10.5. The van der Waals surface area contributed by atoms with Gasteiger partial charge in [0, 0.05) is 40.6 Å². The maximum atomic E-state index is 11.0. The molecule has 5 nitrogen and oxygen atoms in total. The van der Waals surface area contributed by atoms with Crippen LogP contribution < -0.4 is 11.1 Å². The summed E-state index contributed by atoms with van der Waals surface area (Å²) >= 11 is 0. The van der Waals surface area contributed by atoms with Gasteiger partial charge in [-0.3, -0.25) is 4.21 Å². The topological polar surface area (TPSA) is 81.2 Å². The number of nitrogens with one attached hydrogen (secondary N) is 1. The molecule has 0 aliphatic carbocycles. The van der Waals surface area contributed by atoms with Gasteiger partial charge in [-0.25, -0.2) is 0 Å². The van der Waals surface area contributed by atoms with Crippen molar-refractivity contribution in [3.05, 3.63) is 18.2 Å². The van der Waals surface area contributed by atoms with Crippen molar-refractivity contribution in [1.29, 1.82) is 0 Å². The number of rotatable bonds is 5. The van der Waals surface area contributed by atoms with Gasteiger partial charge in [0.2, 0.25) is 0 Å². The molecule has 0 spiro atoms. The smallest absolute Gasteiger partial charge is 0.295 e.